The highest BCUT2D eigenvalue weighted by atomic mass is 32.2. The number of aromatic nitrogens is 2. The number of pyridine rings is 2. The normalized spacial score (nSPS) is 11.4. The average Bonchev–Trinajstić information content (AvgIpc) is 2.40. The van der Waals surface area contributed by atoms with E-state index in [0.29, 0.717) is 6.20 Å². The van der Waals surface area contributed by atoms with E-state index in [1.54, 1.807) is 0 Å². The minimum absolute atomic E-state index is 0.0586. The van der Waals surface area contributed by atoms with E-state index < -0.39 is 17.7 Å². The number of hydrogen-bond donors (Lipinski definition) is 2. The predicted molar refractivity (Wildman–Crippen MR) is 69.0 cm³/mol. The molecule has 0 aromatic carbocycles. The molecule has 0 aliphatic rings. The summed E-state index contributed by atoms with van der Waals surface area (Å²) >= 11 is 0.887. The Morgan fingerprint density at radius 1 is 1.24 bits per heavy atom. The fourth-order valence-electron chi connectivity index (χ4n) is 1.43. The van der Waals surface area contributed by atoms with Crippen LogP contribution in [0.25, 0.3) is 0 Å². The van der Waals surface area contributed by atoms with Crippen molar-refractivity contribution < 1.29 is 23.1 Å². The van der Waals surface area contributed by atoms with Gasteiger partial charge in [0.1, 0.15) is 10.1 Å². The van der Waals surface area contributed by atoms with Crippen LogP contribution in [0.3, 0.4) is 0 Å². The summed E-state index contributed by atoms with van der Waals surface area (Å²) in [6.45, 7) is 0. The Balaban J connectivity index is 2.27. The van der Waals surface area contributed by atoms with Gasteiger partial charge in [0.15, 0.2) is 0 Å². The number of nitrogens with zero attached hydrogens (tertiary/aromatic N) is 2. The van der Waals surface area contributed by atoms with E-state index >= 15 is 0 Å². The lowest BCUT2D eigenvalue weighted by molar-refractivity contribution is -0.137. The van der Waals surface area contributed by atoms with Crippen LogP contribution in [0.2, 0.25) is 0 Å². The second-order valence-corrected chi connectivity index (χ2v) is 4.88. The number of aromatic carboxylic acids is 1. The Hall–Kier alpha value is -2.29. The van der Waals surface area contributed by atoms with E-state index in [4.69, 9.17) is 10.8 Å². The number of carbonyl (C=O) groups is 1. The molecule has 0 saturated heterocycles. The van der Waals surface area contributed by atoms with Gasteiger partial charge in [-0.05, 0) is 30.0 Å². The summed E-state index contributed by atoms with van der Waals surface area (Å²) in [5.74, 6) is -1.21. The number of hydrogen-bond acceptors (Lipinski definition) is 5. The molecule has 9 heteroatoms. The standard InChI is InChI=1S/C12H8F3N3O2S/c13-12(14,15)6-1-2-8(18-5-6)21-10-9(16)7(11(19)20)3-4-17-10/h1-5H,16H2,(H,19,20). The van der Waals surface area contributed by atoms with Crippen molar-refractivity contribution >= 4 is 23.4 Å². The zero-order chi connectivity index (χ0) is 15.6. The molecule has 110 valence electrons. The van der Waals surface area contributed by atoms with Crippen LogP contribution in [0, 0.1) is 0 Å². The lowest BCUT2D eigenvalue weighted by atomic mass is 10.2. The third kappa shape index (κ3) is 3.43. The fraction of sp³-hybridized carbons (Fsp3) is 0.0833. The monoisotopic (exact) mass is 315 g/mol. The largest absolute Gasteiger partial charge is 0.478 e. The molecule has 0 amide bonds. The lowest BCUT2D eigenvalue weighted by Gasteiger charge is -2.08. The van der Waals surface area contributed by atoms with Crippen LogP contribution in [-0.4, -0.2) is 21.0 Å². The van der Waals surface area contributed by atoms with E-state index in [2.05, 4.69) is 9.97 Å². The smallest absolute Gasteiger partial charge is 0.417 e. The van der Waals surface area contributed by atoms with Gasteiger partial charge in [-0.15, -0.1) is 0 Å². The predicted octanol–water partition coefficient (Wildman–Crippen LogP) is 2.93. The number of anilines is 1. The molecule has 0 aliphatic heterocycles. The summed E-state index contributed by atoms with van der Waals surface area (Å²) < 4.78 is 37.2. The van der Waals surface area contributed by atoms with Gasteiger partial charge in [-0.3, -0.25) is 0 Å². The molecular formula is C12H8F3N3O2S. The highest BCUT2D eigenvalue weighted by Gasteiger charge is 2.30. The van der Waals surface area contributed by atoms with Gasteiger partial charge in [-0.2, -0.15) is 13.2 Å². The average molecular weight is 315 g/mol. The van der Waals surface area contributed by atoms with Gasteiger partial charge >= 0.3 is 12.1 Å². The maximum absolute atomic E-state index is 12.4. The first kappa shape index (κ1) is 15.1. The van der Waals surface area contributed by atoms with Gasteiger partial charge in [0.25, 0.3) is 0 Å². The van der Waals surface area contributed by atoms with E-state index in [1.165, 1.54) is 18.3 Å². The molecule has 2 aromatic heterocycles. The molecule has 2 rings (SSSR count). The van der Waals surface area contributed by atoms with Crippen molar-refractivity contribution in [2.45, 2.75) is 16.2 Å². The summed E-state index contributed by atoms with van der Waals surface area (Å²) in [5, 5.41) is 9.32. The number of carboxylic acid groups (broad SMARTS) is 1. The third-order valence-electron chi connectivity index (χ3n) is 2.45. The molecule has 0 saturated carbocycles. The van der Waals surface area contributed by atoms with E-state index in [0.717, 1.165) is 17.8 Å². The van der Waals surface area contributed by atoms with Crippen LogP contribution in [-0.2, 0) is 6.18 Å². The van der Waals surface area contributed by atoms with Crippen LogP contribution in [0.4, 0.5) is 18.9 Å². The minimum atomic E-state index is -4.46. The highest BCUT2D eigenvalue weighted by molar-refractivity contribution is 7.99. The van der Waals surface area contributed by atoms with Gasteiger partial charge in [0.05, 0.1) is 16.8 Å². The molecule has 0 fully saturated rings. The molecule has 0 radical (unpaired) electrons. The Morgan fingerprint density at radius 2 is 1.95 bits per heavy atom. The number of nitrogens with two attached hydrogens (primary N) is 1. The number of alkyl halides is 3. The zero-order valence-electron chi connectivity index (χ0n) is 10.3. The van der Waals surface area contributed by atoms with E-state index in [1.807, 2.05) is 0 Å². The number of nitrogen functional groups attached to an aromatic ring is 1. The summed E-state index contributed by atoms with van der Waals surface area (Å²) in [6, 6.07) is 3.29. The summed E-state index contributed by atoms with van der Waals surface area (Å²) in [5.41, 5.74) is 4.61. The molecule has 0 unspecified atom stereocenters. The first-order valence-electron chi connectivity index (χ1n) is 5.48. The number of halogens is 3. The van der Waals surface area contributed by atoms with Gasteiger partial charge in [-0.25, -0.2) is 14.8 Å². The molecule has 2 aromatic rings. The van der Waals surface area contributed by atoms with Crippen LogP contribution in [0.15, 0.2) is 40.6 Å². The van der Waals surface area contributed by atoms with Crippen LogP contribution in [0.1, 0.15) is 15.9 Å². The molecule has 3 N–H and O–H groups in total. The Bertz CT molecular complexity index is 674. The van der Waals surface area contributed by atoms with Gasteiger partial charge in [0, 0.05) is 12.4 Å². The number of rotatable bonds is 3. The maximum Gasteiger partial charge on any atom is 0.417 e. The third-order valence-corrected chi connectivity index (χ3v) is 3.42. The Labute approximate surface area is 121 Å². The highest BCUT2D eigenvalue weighted by Crippen LogP contribution is 2.33. The van der Waals surface area contributed by atoms with Crippen molar-refractivity contribution in [2.24, 2.45) is 0 Å². The molecule has 21 heavy (non-hydrogen) atoms. The molecule has 0 atom stereocenters. The molecule has 0 spiro atoms. The molecule has 5 nitrogen and oxygen atoms in total. The SMILES string of the molecule is Nc1c(C(=O)O)ccnc1Sc1ccc(C(F)(F)F)cn1. The summed E-state index contributed by atoms with van der Waals surface area (Å²) in [6.07, 6.45) is -2.51. The van der Waals surface area contributed by atoms with Crippen molar-refractivity contribution in [3.63, 3.8) is 0 Å². The van der Waals surface area contributed by atoms with Crippen molar-refractivity contribution in [3.8, 4) is 0 Å². The van der Waals surface area contributed by atoms with Crippen LogP contribution < -0.4 is 5.73 Å². The molecule has 0 aliphatic carbocycles. The Kier molecular flexibility index (Phi) is 4.03. The first-order valence-corrected chi connectivity index (χ1v) is 6.29. The minimum Gasteiger partial charge on any atom is -0.478 e. The zero-order valence-corrected chi connectivity index (χ0v) is 11.1. The maximum atomic E-state index is 12.4. The van der Waals surface area contributed by atoms with Crippen molar-refractivity contribution in [1.82, 2.24) is 9.97 Å². The molecule has 2 heterocycles. The molecule has 0 bridgehead atoms. The molecular weight excluding hydrogens is 307 g/mol. The van der Waals surface area contributed by atoms with Crippen molar-refractivity contribution in [1.29, 1.82) is 0 Å². The second kappa shape index (κ2) is 5.60. The lowest BCUT2D eigenvalue weighted by Crippen LogP contribution is -2.06. The van der Waals surface area contributed by atoms with Crippen molar-refractivity contribution in [3.05, 3.63) is 41.7 Å². The van der Waals surface area contributed by atoms with Gasteiger partial charge in [0.2, 0.25) is 0 Å². The van der Waals surface area contributed by atoms with Crippen LogP contribution in [0.5, 0.6) is 0 Å². The summed E-state index contributed by atoms with van der Waals surface area (Å²) in [7, 11) is 0. The van der Waals surface area contributed by atoms with Crippen molar-refractivity contribution in [2.75, 3.05) is 5.73 Å². The Morgan fingerprint density at radius 3 is 2.48 bits per heavy atom. The van der Waals surface area contributed by atoms with Gasteiger partial charge < -0.3 is 10.8 Å². The van der Waals surface area contributed by atoms with Crippen LogP contribution >= 0.6 is 11.8 Å². The topological polar surface area (TPSA) is 89.1 Å². The number of carboxylic acids is 1. The first-order chi connectivity index (χ1) is 9.79. The second-order valence-electron chi connectivity index (χ2n) is 3.87. The quantitative estimate of drug-likeness (QED) is 0.905. The van der Waals surface area contributed by atoms with E-state index in [-0.39, 0.29) is 21.3 Å². The summed E-state index contributed by atoms with van der Waals surface area (Å²) in [4.78, 5) is 18.5. The van der Waals surface area contributed by atoms with Gasteiger partial charge in [-0.1, -0.05) is 0 Å². The fourth-order valence-corrected chi connectivity index (χ4v) is 2.20. The van der Waals surface area contributed by atoms with E-state index in [9.17, 15) is 18.0 Å².